The summed E-state index contributed by atoms with van der Waals surface area (Å²) in [6.45, 7) is 5.68. The molecule has 3 aliphatic rings. The Morgan fingerprint density at radius 3 is 0.959 bits per heavy atom. The van der Waals surface area contributed by atoms with Gasteiger partial charge in [-0.2, -0.15) is 0 Å². The van der Waals surface area contributed by atoms with Crippen LogP contribution in [0.25, 0.3) is 17.3 Å². The van der Waals surface area contributed by atoms with Crippen LogP contribution in [0, 0.1) is 20.8 Å². The van der Waals surface area contributed by atoms with Crippen LogP contribution in [-0.4, -0.2) is 82.2 Å². The SMILES string of the molecule is CO/N=C/c1ccc(N2C(=O)C(=O)C(=C(O)c3ccc(C)cc3)C2c2ccccc2)cc1.CON.Cc1ccc(C(O)=C2C(=O)C(=O)N(c3ccc(C=O)cc3)C2c2ccccc2)cc1.Cc1ccc(C(O)=C2C(=O)C(=O)N(c3ccc(CO)cc3)C2c2ccccc2)cc1.[O]=[Mn]=[O]. The molecule has 0 radical (unpaired) electrons. The summed E-state index contributed by atoms with van der Waals surface area (Å²) in [7, 11) is 2.86. The number of benzene rings is 9. The summed E-state index contributed by atoms with van der Waals surface area (Å²) < 4.78 is 16.8. The number of aryl methyl sites for hydroxylation is 3. The molecule has 9 aromatic carbocycles. The number of carbonyl (C=O) groups is 7. The zero-order valence-corrected chi connectivity index (χ0v) is 54.8. The van der Waals surface area contributed by atoms with Gasteiger partial charge in [0, 0.05) is 39.3 Å². The second kappa shape index (κ2) is 34.0. The van der Waals surface area contributed by atoms with E-state index in [2.05, 4.69) is 15.9 Å². The number of nitrogens with zero attached hydrogens (tertiary/aromatic N) is 4. The third-order valence-corrected chi connectivity index (χ3v) is 15.8. The molecule has 20 nitrogen and oxygen atoms in total. The van der Waals surface area contributed by atoms with E-state index in [1.807, 2.05) is 148 Å². The number of carbonyl (C=O) groups excluding carboxylic acids is 7. The molecule has 21 heteroatoms. The summed E-state index contributed by atoms with van der Waals surface area (Å²) in [5.74, 6) is -0.567. The van der Waals surface area contributed by atoms with E-state index < -0.39 is 68.0 Å². The van der Waals surface area contributed by atoms with E-state index in [1.54, 1.807) is 115 Å². The van der Waals surface area contributed by atoms with Gasteiger partial charge in [0.05, 0.1) is 54.8 Å². The van der Waals surface area contributed by atoms with Crippen molar-refractivity contribution in [2.24, 2.45) is 11.1 Å². The summed E-state index contributed by atoms with van der Waals surface area (Å²) in [6.07, 6.45) is 2.26. The van der Waals surface area contributed by atoms with Gasteiger partial charge in [-0.1, -0.05) is 210 Å². The number of hydrogen-bond acceptors (Lipinski definition) is 17. The predicted molar refractivity (Wildman–Crippen MR) is 365 cm³/mol. The van der Waals surface area contributed by atoms with E-state index in [4.69, 9.17) is 12.5 Å². The summed E-state index contributed by atoms with van der Waals surface area (Å²) in [5.41, 5.74) is 10.3. The van der Waals surface area contributed by atoms with Crippen LogP contribution in [-0.2, 0) is 67.5 Å². The van der Waals surface area contributed by atoms with Crippen molar-refractivity contribution in [2.75, 3.05) is 28.9 Å². The second-order valence-corrected chi connectivity index (χ2v) is 22.4. The molecule has 3 unspecified atom stereocenters. The number of rotatable bonds is 13. The molecule has 0 aliphatic carbocycles. The number of amides is 3. The summed E-state index contributed by atoms with van der Waals surface area (Å²) in [4.78, 5) is 102. The van der Waals surface area contributed by atoms with E-state index in [-0.39, 0.29) is 40.6 Å². The van der Waals surface area contributed by atoms with Crippen molar-refractivity contribution in [2.45, 2.75) is 45.5 Å². The molecule has 0 aromatic heterocycles. The molecule has 497 valence electrons. The first-order valence-electron chi connectivity index (χ1n) is 30.2. The van der Waals surface area contributed by atoms with Crippen molar-refractivity contribution >= 4 is 81.9 Å². The molecule has 3 saturated heterocycles. The molecule has 9 aromatic rings. The van der Waals surface area contributed by atoms with Gasteiger partial charge in [-0.3, -0.25) is 48.3 Å². The molecule has 6 N–H and O–H groups in total. The number of ketones is 3. The first-order valence-corrected chi connectivity index (χ1v) is 31.2. The quantitative estimate of drug-likeness (QED) is 0.0136. The predicted octanol–water partition coefficient (Wildman–Crippen LogP) is 12.4. The van der Waals surface area contributed by atoms with Gasteiger partial charge in [0.25, 0.3) is 35.1 Å². The Labute approximate surface area is 570 Å². The van der Waals surface area contributed by atoms with Gasteiger partial charge < -0.3 is 30.1 Å². The van der Waals surface area contributed by atoms with E-state index in [9.17, 15) is 54.0 Å². The van der Waals surface area contributed by atoms with Crippen molar-refractivity contribution in [3.05, 3.63) is 320 Å². The third-order valence-electron chi connectivity index (χ3n) is 15.8. The van der Waals surface area contributed by atoms with Crippen molar-refractivity contribution in [1.29, 1.82) is 0 Å². The van der Waals surface area contributed by atoms with E-state index in [1.165, 1.54) is 28.9 Å². The molecule has 0 saturated carbocycles. The molecule has 98 heavy (non-hydrogen) atoms. The molecule has 0 spiro atoms. The number of aliphatic hydroxyl groups excluding tert-OH is 4. The Morgan fingerprint density at radius 1 is 0.439 bits per heavy atom. The first kappa shape index (κ1) is 72.0. The Morgan fingerprint density at radius 2 is 0.704 bits per heavy atom. The van der Waals surface area contributed by atoms with Crippen molar-refractivity contribution in [3.8, 4) is 0 Å². The van der Waals surface area contributed by atoms with Crippen LogP contribution < -0.4 is 20.6 Å². The molecule has 3 atom stereocenters. The fourth-order valence-electron chi connectivity index (χ4n) is 11.1. The standard InChI is InChI=1S/C26H22N2O4.C25H21NO4.C25H19NO4.CH5NO.Mn.2O/c1-17-8-12-20(13-9-17)24(29)22-23(19-6-4-3-5-7-19)28(26(31)25(22)30)21-14-10-18(11-15-21)16-27-32-2;2*1-16-7-11-19(12-8-16)23(28)21-22(18-5-3-2-4-6-18)26(25(30)24(21)29)20-13-9-17(15-27)10-14-20;1-3-2;;;/h3-16,23,29H,1-2H3;2-14,22,27-28H,15H2,1H3;2-15,22,28H,1H3;2H2,1H3;;;/b24-22?,27-16+;;;;;;. The van der Waals surface area contributed by atoms with Gasteiger partial charge in [-0.05, 0) is 97.1 Å². The van der Waals surface area contributed by atoms with Crippen LogP contribution in [0.15, 0.2) is 258 Å². The number of Topliss-reactive ketones (excluding diaryl/α,β-unsaturated/α-hetero) is 3. The molecule has 3 amide bonds. The van der Waals surface area contributed by atoms with Crippen LogP contribution in [0.5, 0.6) is 0 Å². The maximum atomic E-state index is 13.1. The third kappa shape index (κ3) is 16.4. The minimum atomic E-state index is -1.44. The number of hydrogen-bond donors (Lipinski definition) is 5. The normalized spacial score (nSPS) is 17.1. The minimum absolute atomic E-state index is 0.0366. The van der Waals surface area contributed by atoms with Gasteiger partial charge in [0.1, 0.15) is 30.7 Å². The van der Waals surface area contributed by atoms with Gasteiger partial charge in [-0.15, -0.1) is 0 Å². The van der Waals surface area contributed by atoms with Gasteiger partial charge in [0.2, 0.25) is 0 Å². The molecular formula is C77H67MnN5O15. The molecule has 3 fully saturated rings. The molecular weight excluding hydrogens is 1290 g/mol. The molecule has 3 heterocycles. The topological polar surface area (TPSA) is 301 Å². The van der Waals surface area contributed by atoms with Gasteiger partial charge in [0.15, 0.2) is 0 Å². The number of anilines is 3. The Hall–Kier alpha value is -11.8. The zero-order chi connectivity index (χ0) is 70.6. The average molecular weight is 1360 g/mol. The van der Waals surface area contributed by atoms with Crippen LogP contribution >= 0.6 is 0 Å². The van der Waals surface area contributed by atoms with Crippen LogP contribution in [0.1, 0.15) is 89.7 Å². The Bertz CT molecular complexity index is 4500. The van der Waals surface area contributed by atoms with Crippen molar-refractivity contribution < 1.29 is 86.2 Å². The van der Waals surface area contributed by atoms with Crippen molar-refractivity contribution in [3.63, 3.8) is 0 Å². The van der Waals surface area contributed by atoms with Crippen LogP contribution in [0.4, 0.5) is 17.1 Å². The first-order chi connectivity index (χ1) is 47.4. The molecule has 3 aliphatic heterocycles. The second-order valence-electron chi connectivity index (χ2n) is 22.2. The summed E-state index contributed by atoms with van der Waals surface area (Å²) in [6, 6.07) is 66.9. The molecule has 12 rings (SSSR count). The number of nitrogens with two attached hydrogens (primary N) is 1. The Kier molecular flexibility index (Phi) is 25.0. The number of aliphatic hydroxyl groups is 4. The fraction of sp³-hybridized carbons (Fsp3) is 0.117. The van der Waals surface area contributed by atoms with Crippen LogP contribution in [0.3, 0.4) is 0 Å². The van der Waals surface area contributed by atoms with E-state index in [0.717, 1.165) is 33.4 Å². The summed E-state index contributed by atoms with van der Waals surface area (Å²) >= 11 is -1.44. The average Bonchev–Trinajstić information content (AvgIpc) is 1.62. The zero-order valence-electron chi connectivity index (χ0n) is 53.6. The fourth-order valence-corrected chi connectivity index (χ4v) is 11.1. The van der Waals surface area contributed by atoms with E-state index >= 15 is 0 Å². The summed E-state index contributed by atoms with van der Waals surface area (Å²) in [5, 5.41) is 46.2. The molecule has 0 bridgehead atoms. The monoisotopic (exact) mass is 1360 g/mol. The van der Waals surface area contributed by atoms with Gasteiger partial charge >= 0.3 is 22.5 Å². The number of oxime groups is 1. The Balaban J connectivity index is 0.000000180. The number of aldehydes is 1. The van der Waals surface area contributed by atoms with Crippen LogP contribution in [0.2, 0.25) is 0 Å². The van der Waals surface area contributed by atoms with E-state index in [0.29, 0.717) is 56.7 Å². The maximum absolute atomic E-state index is 13.1. The van der Waals surface area contributed by atoms with Crippen molar-refractivity contribution in [1.82, 2.24) is 0 Å². The van der Waals surface area contributed by atoms with Gasteiger partial charge in [-0.25, -0.2) is 5.90 Å².